The SMILES string of the molecule is O=S([O-])c1ccc2c(c1)Cc1ccccc1-2.[Na+]. The maximum atomic E-state index is 10.9. The summed E-state index contributed by atoms with van der Waals surface area (Å²) in [6, 6.07) is 13.5. The summed E-state index contributed by atoms with van der Waals surface area (Å²) in [5, 5.41) is 0. The van der Waals surface area contributed by atoms with E-state index in [-0.39, 0.29) is 29.6 Å². The van der Waals surface area contributed by atoms with Crippen LogP contribution in [-0.2, 0) is 17.5 Å². The topological polar surface area (TPSA) is 40.1 Å². The second kappa shape index (κ2) is 5.04. The Balaban J connectivity index is 0.00000108. The van der Waals surface area contributed by atoms with Gasteiger partial charge in [0.15, 0.2) is 0 Å². The number of hydrogen-bond donors (Lipinski definition) is 0. The molecule has 2 aromatic carbocycles. The van der Waals surface area contributed by atoms with Crippen LogP contribution in [-0.4, -0.2) is 8.76 Å². The zero-order chi connectivity index (χ0) is 11.1. The minimum absolute atomic E-state index is 0. The number of benzene rings is 2. The van der Waals surface area contributed by atoms with Crippen LogP contribution in [0.3, 0.4) is 0 Å². The predicted molar refractivity (Wildman–Crippen MR) is 61.9 cm³/mol. The monoisotopic (exact) mass is 252 g/mol. The van der Waals surface area contributed by atoms with E-state index in [1.54, 1.807) is 12.1 Å². The molecular weight excluding hydrogens is 243 g/mol. The molecule has 80 valence electrons. The summed E-state index contributed by atoms with van der Waals surface area (Å²) < 4.78 is 21.7. The molecule has 0 amide bonds. The average Bonchev–Trinajstić information content (AvgIpc) is 2.66. The summed E-state index contributed by atoms with van der Waals surface area (Å²) in [4.78, 5) is 0.367. The zero-order valence-electron chi connectivity index (χ0n) is 9.47. The average molecular weight is 252 g/mol. The molecule has 0 fully saturated rings. The van der Waals surface area contributed by atoms with E-state index in [9.17, 15) is 8.76 Å². The summed E-state index contributed by atoms with van der Waals surface area (Å²) in [7, 11) is 0. The Labute approximate surface area is 125 Å². The molecule has 2 nitrogen and oxygen atoms in total. The van der Waals surface area contributed by atoms with Crippen molar-refractivity contribution in [1.82, 2.24) is 0 Å². The summed E-state index contributed by atoms with van der Waals surface area (Å²) in [5.41, 5.74) is 4.75. The summed E-state index contributed by atoms with van der Waals surface area (Å²) >= 11 is -2.14. The van der Waals surface area contributed by atoms with Crippen LogP contribution >= 0.6 is 0 Å². The fourth-order valence-electron chi connectivity index (χ4n) is 2.23. The maximum Gasteiger partial charge on any atom is 1.00 e. The van der Waals surface area contributed by atoms with Crippen LogP contribution in [0.1, 0.15) is 11.1 Å². The van der Waals surface area contributed by atoms with Crippen molar-refractivity contribution in [3.05, 3.63) is 53.6 Å². The van der Waals surface area contributed by atoms with Gasteiger partial charge in [-0.2, -0.15) is 0 Å². The molecule has 0 saturated carbocycles. The molecule has 1 atom stereocenters. The molecule has 0 aromatic heterocycles. The Morgan fingerprint density at radius 2 is 1.71 bits per heavy atom. The van der Waals surface area contributed by atoms with Gasteiger partial charge in [0.1, 0.15) is 0 Å². The minimum Gasteiger partial charge on any atom is -0.768 e. The van der Waals surface area contributed by atoms with E-state index in [2.05, 4.69) is 12.1 Å². The first-order valence-electron chi connectivity index (χ1n) is 5.06. The van der Waals surface area contributed by atoms with E-state index in [1.165, 1.54) is 11.1 Å². The van der Waals surface area contributed by atoms with E-state index in [0.717, 1.165) is 17.5 Å². The van der Waals surface area contributed by atoms with Crippen LogP contribution in [0.4, 0.5) is 0 Å². The van der Waals surface area contributed by atoms with Gasteiger partial charge in [-0.25, -0.2) is 0 Å². The quantitative estimate of drug-likeness (QED) is 0.433. The second-order valence-electron chi connectivity index (χ2n) is 3.89. The van der Waals surface area contributed by atoms with Gasteiger partial charge < -0.3 is 4.55 Å². The molecule has 0 bridgehead atoms. The molecule has 3 rings (SSSR count). The van der Waals surface area contributed by atoms with Gasteiger partial charge in [0, 0.05) is 4.90 Å². The van der Waals surface area contributed by atoms with Gasteiger partial charge in [-0.1, -0.05) is 30.3 Å². The van der Waals surface area contributed by atoms with Crippen molar-refractivity contribution < 1.29 is 38.3 Å². The first kappa shape index (κ1) is 13.0. The molecule has 0 radical (unpaired) electrons. The smallest absolute Gasteiger partial charge is 0.768 e. The number of fused-ring (bicyclic) bond motifs is 3. The maximum absolute atomic E-state index is 10.9. The molecule has 0 spiro atoms. The van der Waals surface area contributed by atoms with E-state index < -0.39 is 11.1 Å². The second-order valence-corrected chi connectivity index (χ2v) is 4.83. The first-order valence-corrected chi connectivity index (χ1v) is 6.13. The Bertz CT molecular complexity index is 596. The van der Waals surface area contributed by atoms with Crippen LogP contribution in [0, 0.1) is 0 Å². The zero-order valence-corrected chi connectivity index (χ0v) is 12.3. The summed E-state index contributed by atoms with van der Waals surface area (Å²) in [6.45, 7) is 0. The van der Waals surface area contributed by atoms with Crippen LogP contribution in [0.25, 0.3) is 11.1 Å². The van der Waals surface area contributed by atoms with Crippen molar-refractivity contribution in [2.24, 2.45) is 0 Å². The minimum atomic E-state index is -2.14. The van der Waals surface area contributed by atoms with E-state index in [1.807, 2.05) is 18.2 Å². The van der Waals surface area contributed by atoms with Crippen LogP contribution in [0.2, 0.25) is 0 Å². The standard InChI is InChI=1S/C13H10O2S.Na/c14-16(15)11-5-6-13-10(8-11)7-9-3-1-2-4-12(9)13;/h1-6,8H,7H2,(H,14,15);/q;+1/p-1. The summed E-state index contributed by atoms with van der Waals surface area (Å²) in [5.74, 6) is 0. The Morgan fingerprint density at radius 1 is 1.00 bits per heavy atom. The fourth-order valence-corrected chi connectivity index (χ4v) is 2.64. The molecule has 4 heteroatoms. The number of hydrogen-bond acceptors (Lipinski definition) is 2. The Morgan fingerprint density at radius 3 is 2.47 bits per heavy atom. The molecule has 0 saturated heterocycles. The molecular formula is C13H9NaO2S. The largest absolute Gasteiger partial charge is 1.00 e. The number of rotatable bonds is 1. The molecule has 17 heavy (non-hydrogen) atoms. The van der Waals surface area contributed by atoms with Gasteiger partial charge in [0.25, 0.3) is 0 Å². The van der Waals surface area contributed by atoms with Crippen molar-refractivity contribution in [2.45, 2.75) is 11.3 Å². The van der Waals surface area contributed by atoms with Crippen LogP contribution < -0.4 is 29.6 Å². The van der Waals surface area contributed by atoms with Crippen molar-refractivity contribution in [2.75, 3.05) is 0 Å². The van der Waals surface area contributed by atoms with E-state index >= 15 is 0 Å². The van der Waals surface area contributed by atoms with Crippen molar-refractivity contribution in [1.29, 1.82) is 0 Å². The molecule has 0 aliphatic heterocycles. The molecule has 0 heterocycles. The Kier molecular flexibility index (Phi) is 3.85. The van der Waals surface area contributed by atoms with Crippen LogP contribution in [0.15, 0.2) is 47.4 Å². The van der Waals surface area contributed by atoms with Gasteiger partial charge >= 0.3 is 29.6 Å². The molecule has 1 aliphatic carbocycles. The normalized spacial score (nSPS) is 13.5. The van der Waals surface area contributed by atoms with Gasteiger partial charge in [-0.05, 0) is 51.9 Å². The summed E-state index contributed by atoms with van der Waals surface area (Å²) in [6.07, 6.45) is 0.830. The van der Waals surface area contributed by atoms with Gasteiger partial charge in [-0.15, -0.1) is 0 Å². The van der Waals surface area contributed by atoms with Crippen molar-refractivity contribution >= 4 is 11.1 Å². The van der Waals surface area contributed by atoms with Crippen molar-refractivity contribution in [3.63, 3.8) is 0 Å². The first-order chi connectivity index (χ1) is 7.75. The Hall–Kier alpha value is -0.450. The van der Waals surface area contributed by atoms with E-state index in [4.69, 9.17) is 0 Å². The molecule has 1 unspecified atom stereocenters. The third kappa shape index (κ3) is 2.26. The van der Waals surface area contributed by atoms with E-state index in [0.29, 0.717) is 4.90 Å². The van der Waals surface area contributed by atoms with Gasteiger partial charge in [0.2, 0.25) is 0 Å². The van der Waals surface area contributed by atoms with Crippen molar-refractivity contribution in [3.8, 4) is 11.1 Å². The predicted octanol–water partition coefficient (Wildman–Crippen LogP) is -0.500. The third-order valence-electron chi connectivity index (χ3n) is 2.96. The van der Waals surface area contributed by atoms with Crippen LogP contribution in [0.5, 0.6) is 0 Å². The molecule has 0 N–H and O–H groups in total. The van der Waals surface area contributed by atoms with Gasteiger partial charge in [-0.3, -0.25) is 4.21 Å². The fraction of sp³-hybridized carbons (Fsp3) is 0.0769. The third-order valence-corrected chi connectivity index (χ3v) is 3.60. The molecule has 1 aliphatic rings. The van der Waals surface area contributed by atoms with Gasteiger partial charge in [0.05, 0.1) is 0 Å². The molecule has 2 aromatic rings.